The van der Waals surface area contributed by atoms with Crippen LogP contribution in [0.1, 0.15) is 41.3 Å². The zero-order chi connectivity index (χ0) is 23.8. The van der Waals surface area contributed by atoms with E-state index in [1.54, 1.807) is 13.8 Å². The van der Waals surface area contributed by atoms with Gasteiger partial charge in [-0.05, 0) is 43.5 Å². The maximum absolute atomic E-state index is 14.2. The Morgan fingerprint density at radius 3 is 2.59 bits per heavy atom. The van der Waals surface area contributed by atoms with Crippen LogP contribution >= 0.6 is 23.2 Å². The van der Waals surface area contributed by atoms with Crippen LogP contribution in [0.4, 0.5) is 17.6 Å². The molecule has 32 heavy (non-hydrogen) atoms. The van der Waals surface area contributed by atoms with E-state index in [0.29, 0.717) is 23.2 Å². The minimum atomic E-state index is -4.85. The Balaban J connectivity index is 1.91. The summed E-state index contributed by atoms with van der Waals surface area (Å²) >= 11 is 11.5. The van der Waals surface area contributed by atoms with Crippen LogP contribution in [0.5, 0.6) is 0 Å². The molecule has 0 aromatic heterocycles. The number of rotatable bonds is 5. The number of aliphatic hydroxyl groups is 1. The highest BCUT2D eigenvalue weighted by Gasteiger charge is 2.65. The molecule has 5 nitrogen and oxygen atoms in total. The van der Waals surface area contributed by atoms with E-state index in [-0.39, 0.29) is 5.71 Å². The van der Waals surface area contributed by atoms with Gasteiger partial charge >= 0.3 is 6.18 Å². The summed E-state index contributed by atoms with van der Waals surface area (Å²) in [6.07, 6.45) is -4.98. The number of carbonyl (C=O) groups is 1. The molecule has 0 saturated carbocycles. The van der Waals surface area contributed by atoms with E-state index < -0.39 is 59.1 Å². The second kappa shape index (κ2) is 9.03. The number of carbonyl (C=O) groups excluding carboxylic acids is 1. The predicted octanol–water partition coefficient (Wildman–Crippen LogP) is 5.39. The molecule has 0 bridgehead atoms. The first-order chi connectivity index (χ1) is 14.9. The molecule has 1 aromatic rings. The predicted molar refractivity (Wildman–Crippen MR) is 112 cm³/mol. The molecule has 2 atom stereocenters. The molecule has 1 N–H and O–H groups in total. The summed E-state index contributed by atoms with van der Waals surface area (Å²) in [5, 5.41) is 12.1. The Hall–Kier alpha value is -2.10. The van der Waals surface area contributed by atoms with Crippen molar-refractivity contribution in [3.8, 4) is 0 Å². The Bertz CT molecular complexity index is 1020. The molecule has 0 fully saturated rings. The molecule has 0 saturated heterocycles. The molecule has 1 aliphatic heterocycles. The fraction of sp³-hybridized carbons (Fsp3) is 0.429. The second-order valence-corrected chi connectivity index (χ2v) is 8.43. The van der Waals surface area contributed by atoms with E-state index in [1.807, 2.05) is 0 Å². The summed E-state index contributed by atoms with van der Waals surface area (Å²) in [5.41, 5.74) is -1.59. The normalized spacial score (nSPS) is 23.6. The summed E-state index contributed by atoms with van der Waals surface area (Å²) in [4.78, 5) is 18.7. The first-order valence-corrected chi connectivity index (χ1v) is 10.5. The lowest BCUT2D eigenvalue weighted by atomic mass is 9.78. The molecular weight excluding hydrogens is 475 g/mol. The minimum Gasteiger partial charge on any atom is -0.378 e. The highest BCUT2D eigenvalue weighted by molar-refractivity contribution is 6.35. The number of aliphatic hydroxyl groups excluding tert-OH is 1. The summed E-state index contributed by atoms with van der Waals surface area (Å²) in [7, 11) is 0. The Labute approximate surface area is 191 Å². The van der Waals surface area contributed by atoms with Gasteiger partial charge < -0.3 is 14.8 Å². The Kier molecular flexibility index (Phi) is 6.93. The van der Waals surface area contributed by atoms with Gasteiger partial charge in [0.05, 0.1) is 15.8 Å². The molecule has 0 radical (unpaired) electrons. The summed E-state index contributed by atoms with van der Waals surface area (Å²) < 4.78 is 56.3. The van der Waals surface area contributed by atoms with Gasteiger partial charge in [0.15, 0.2) is 5.83 Å². The molecule has 1 aliphatic carbocycles. The maximum Gasteiger partial charge on any atom is 0.431 e. The van der Waals surface area contributed by atoms with Crippen molar-refractivity contribution < 1.29 is 32.3 Å². The summed E-state index contributed by atoms with van der Waals surface area (Å²) in [5.74, 6) is -2.74. The fourth-order valence-corrected chi connectivity index (χ4v) is 4.33. The standard InChI is InChI=1S/C21H20Cl2F4N2O3/c1-3-29(10-30)19(31)14-5-4-12(6-11(14)2)17-9-20(32-28-17,21(25,26)27)13-7-15(22)18(24)16(23)8-13/h4-7,13,30H,3,8-10H2,1-2H3/t13?,20-/m0/s1. The van der Waals surface area contributed by atoms with Crippen LogP contribution in [0.15, 0.2) is 45.3 Å². The lowest BCUT2D eigenvalue weighted by Gasteiger charge is -2.36. The molecule has 3 rings (SSSR count). The molecule has 1 unspecified atom stereocenters. The molecule has 0 spiro atoms. The van der Waals surface area contributed by atoms with E-state index >= 15 is 0 Å². The van der Waals surface area contributed by atoms with Crippen molar-refractivity contribution in [3.05, 3.63) is 56.9 Å². The number of nitrogens with zero attached hydrogens (tertiary/aromatic N) is 2. The number of hydrogen-bond acceptors (Lipinski definition) is 4. The molecule has 2 aliphatic rings. The van der Waals surface area contributed by atoms with Crippen LogP contribution in [-0.2, 0) is 4.84 Å². The number of oxime groups is 1. The molecular formula is C21H20Cl2F4N2O3. The van der Waals surface area contributed by atoms with Crippen molar-refractivity contribution in [2.75, 3.05) is 13.3 Å². The van der Waals surface area contributed by atoms with Crippen LogP contribution in [0.25, 0.3) is 0 Å². The number of halogens is 6. The zero-order valence-electron chi connectivity index (χ0n) is 17.1. The number of hydrogen-bond donors (Lipinski definition) is 1. The second-order valence-electron chi connectivity index (χ2n) is 7.57. The van der Waals surface area contributed by atoms with Gasteiger partial charge in [-0.3, -0.25) is 4.79 Å². The largest absolute Gasteiger partial charge is 0.431 e. The Morgan fingerprint density at radius 2 is 2.06 bits per heavy atom. The van der Waals surface area contributed by atoms with E-state index in [1.165, 1.54) is 23.1 Å². The first kappa shape index (κ1) is 24.5. The smallest absolute Gasteiger partial charge is 0.378 e. The average molecular weight is 495 g/mol. The quantitative estimate of drug-likeness (QED) is 0.440. The molecule has 1 amide bonds. The van der Waals surface area contributed by atoms with E-state index in [0.717, 1.165) is 6.08 Å². The number of aryl methyl sites for hydroxylation is 1. The maximum atomic E-state index is 14.2. The van der Waals surface area contributed by atoms with Crippen molar-refractivity contribution >= 4 is 34.8 Å². The number of benzene rings is 1. The zero-order valence-corrected chi connectivity index (χ0v) is 18.7. The van der Waals surface area contributed by atoms with Gasteiger partial charge in [0.25, 0.3) is 5.91 Å². The van der Waals surface area contributed by atoms with Crippen molar-refractivity contribution in [2.45, 2.75) is 38.5 Å². The van der Waals surface area contributed by atoms with Gasteiger partial charge in [-0.25, -0.2) is 4.39 Å². The highest BCUT2D eigenvalue weighted by atomic mass is 35.5. The molecule has 11 heteroatoms. The van der Waals surface area contributed by atoms with Gasteiger partial charge in [-0.2, -0.15) is 13.2 Å². The molecule has 174 valence electrons. The molecule has 1 heterocycles. The lowest BCUT2D eigenvalue weighted by molar-refractivity contribution is -0.282. The van der Waals surface area contributed by atoms with Crippen LogP contribution in [-0.4, -0.2) is 46.7 Å². The topological polar surface area (TPSA) is 62.1 Å². The third-order valence-corrected chi connectivity index (χ3v) is 6.26. The summed E-state index contributed by atoms with van der Waals surface area (Å²) in [6.45, 7) is 3.17. The van der Waals surface area contributed by atoms with Gasteiger partial charge in [-0.15, -0.1) is 0 Å². The highest BCUT2D eigenvalue weighted by Crippen LogP contribution is 2.51. The van der Waals surface area contributed by atoms with Crippen LogP contribution in [0.3, 0.4) is 0 Å². The van der Waals surface area contributed by atoms with Crippen LogP contribution < -0.4 is 0 Å². The SMILES string of the molecule is CCN(CO)C(=O)c1ccc(C2=NO[C@@](C3C=C(Cl)C(F)=C(Cl)C3)(C(F)(F)F)C2)cc1C. The van der Waals surface area contributed by atoms with Crippen molar-refractivity contribution in [2.24, 2.45) is 11.1 Å². The first-order valence-electron chi connectivity index (χ1n) is 9.70. The van der Waals surface area contributed by atoms with Crippen molar-refractivity contribution in [1.29, 1.82) is 0 Å². The van der Waals surface area contributed by atoms with Crippen molar-refractivity contribution in [3.63, 3.8) is 0 Å². The van der Waals surface area contributed by atoms with E-state index in [9.17, 15) is 27.5 Å². The number of amides is 1. The van der Waals surface area contributed by atoms with Gasteiger partial charge in [0, 0.05) is 24.4 Å². The number of allylic oxidation sites excluding steroid dienone is 3. The van der Waals surface area contributed by atoms with Gasteiger partial charge in [0.1, 0.15) is 6.73 Å². The van der Waals surface area contributed by atoms with E-state index in [2.05, 4.69) is 5.16 Å². The minimum absolute atomic E-state index is 0.0228. The van der Waals surface area contributed by atoms with Crippen molar-refractivity contribution in [1.82, 2.24) is 4.90 Å². The lowest BCUT2D eigenvalue weighted by Crippen LogP contribution is -2.51. The summed E-state index contributed by atoms with van der Waals surface area (Å²) in [6, 6.07) is 4.47. The fourth-order valence-electron chi connectivity index (χ4n) is 3.75. The molecule has 1 aromatic carbocycles. The average Bonchev–Trinajstić information content (AvgIpc) is 3.19. The Morgan fingerprint density at radius 1 is 1.38 bits per heavy atom. The third kappa shape index (κ3) is 4.25. The van der Waals surface area contributed by atoms with Crippen LogP contribution in [0, 0.1) is 12.8 Å². The van der Waals surface area contributed by atoms with Gasteiger partial charge in [0.2, 0.25) is 5.60 Å². The van der Waals surface area contributed by atoms with E-state index in [4.69, 9.17) is 28.0 Å². The monoisotopic (exact) mass is 494 g/mol. The third-order valence-electron chi connectivity index (χ3n) is 5.65. The number of alkyl halides is 3. The van der Waals surface area contributed by atoms with Gasteiger partial charge in [-0.1, -0.05) is 40.5 Å². The van der Waals surface area contributed by atoms with Crippen LogP contribution in [0.2, 0.25) is 0 Å².